The summed E-state index contributed by atoms with van der Waals surface area (Å²) in [7, 11) is 0. The largest absolute Gasteiger partial charge is 0.494 e. The number of hydrogen-bond donors (Lipinski definition) is 1. The fourth-order valence-electron chi connectivity index (χ4n) is 3.64. The third kappa shape index (κ3) is 6.97. The van der Waals surface area contributed by atoms with Crippen LogP contribution in [0.25, 0.3) is 0 Å². The van der Waals surface area contributed by atoms with Gasteiger partial charge in [-0.3, -0.25) is 4.57 Å². The standard InChI is InChI=1S/C27H35N3O5/c1-5-17-29-24(28-30(26(29)33)19-21-11-9-20(6-2)10-12-21)8-7-18-34-22-13-15-23(16-14-22)35-27(3,4)25(31)32/h9-16H,5-8,17-19H2,1-4H3,(H,31,32). The van der Waals surface area contributed by atoms with Crippen LogP contribution in [0, 0.1) is 0 Å². The van der Waals surface area contributed by atoms with Crippen LogP contribution in [0.2, 0.25) is 0 Å². The predicted molar refractivity (Wildman–Crippen MR) is 134 cm³/mol. The number of benzene rings is 2. The van der Waals surface area contributed by atoms with Gasteiger partial charge in [-0.05, 0) is 68.5 Å². The van der Waals surface area contributed by atoms with Crippen molar-refractivity contribution in [2.24, 2.45) is 0 Å². The number of ether oxygens (including phenoxy) is 2. The van der Waals surface area contributed by atoms with Gasteiger partial charge >= 0.3 is 11.7 Å². The molecule has 0 unspecified atom stereocenters. The molecule has 0 bridgehead atoms. The van der Waals surface area contributed by atoms with Crippen LogP contribution < -0.4 is 15.2 Å². The second-order valence-corrected chi connectivity index (χ2v) is 9.02. The molecule has 0 atom stereocenters. The SMILES string of the molecule is CCCn1c(CCCOc2ccc(OC(C)(C)C(=O)O)cc2)nn(Cc2ccc(CC)cc2)c1=O. The Morgan fingerprint density at radius 2 is 1.63 bits per heavy atom. The first kappa shape index (κ1) is 26.1. The van der Waals surface area contributed by atoms with E-state index in [1.807, 2.05) is 6.92 Å². The van der Waals surface area contributed by atoms with Crippen molar-refractivity contribution >= 4 is 5.97 Å². The summed E-state index contributed by atoms with van der Waals surface area (Å²) in [5.41, 5.74) is 0.935. The Bertz CT molecular complexity index is 1160. The number of carbonyl (C=O) groups is 1. The normalized spacial score (nSPS) is 11.4. The van der Waals surface area contributed by atoms with Crippen molar-refractivity contribution in [1.29, 1.82) is 0 Å². The van der Waals surface area contributed by atoms with Crippen LogP contribution in [-0.2, 0) is 30.7 Å². The van der Waals surface area contributed by atoms with Crippen LogP contribution in [0.15, 0.2) is 53.3 Å². The third-order valence-corrected chi connectivity index (χ3v) is 5.74. The summed E-state index contributed by atoms with van der Waals surface area (Å²) in [5.74, 6) is 0.863. The van der Waals surface area contributed by atoms with Gasteiger partial charge < -0.3 is 14.6 Å². The minimum atomic E-state index is -1.31. The molecule has 1 aromatic heterocycles. The summed E-state index contributed by atoms with van der Waals surface area (Å²) in [5, 5.41) is 13.8. The molecule has 0 fully saturated rings. The van der Waals surface area contributed by atoms with Gasteiger partial charge in [0.15, 0.2) is 5.60 Å². The quantitative estimate of drug-likeness (QED) is 0.365. The van der Waals surface area contributed by atoms with Gasteiger partial charge in [-0.2, -0.15) is 5.10 Å². The first-order chi connectivity index (χ1) is 16.7. The van der Waals surface area contributed by atoms with E-state index < -0.39 is 11.6 Å². The van der Waals surface area contributed by atoms with E-state index in [9.17, 15) is 14.7 Å². The monoisotopic (exact) mass is 481 g/mol. The molecule has 2 aromatic carbocycles. The number of rotatable bonds is 13. The minimum absolute atomic E-state index is 0.0813. The molecule has 8 heteroatoms. The molecule has 3 aromatic rings. The number of nitrogens with zero attached hydrogens (tertiary/aromatic N) is 3. The van der Waals surface area contributed by atoms with E-state index >= 15 is 0 Å². The highest BCUT2D eigenvalue weighted by atomic mass is 16.5. The van der Waals surface area contributed by atoms with Crippen molar-refractivity contribution in [2.75, 3.05) is 6.61 Å². The molecular weight excluding hydrogens is 446 g/mol. The maximum Gasteiger partial charge on any atom is 0.347 e. The van der Waals surface area contributed by atoms with Gasteiger partial charge in [-0.15, -0.1) is 0 Å². The van der Waals surface area contributed by atoms with Gasteiger partial charge in [-0.25, -0.2) is 14.3 Å². The van der Waals surface area contributed by atoms with Crippen molar-refractivity contribution in [3.8, 4) is 11.5 Å². The first-order valence-corrected chi connectivity index (χ1v) is 12.1. The molecule has 8 nitrogen and oxygen atoms in total. The lowest BCUT2D eigenvalue weighted by Gasteiger charge is -2.21. The molecule has 188 valence electrons. The van der Waals surface area contributed by atoms with E-state index in [4.69, 9.17) is 9.47 Å². The molecule has 0 saturated heterocycles. The van der Waals surface area contributed by atoms with E-state index in [2.05, 4.69) is 36.3 Å². The number of carboxylic acid groups (broad SMARTS) is 1. The van der Waals surface area contributed by atoms with E-state index in [1.165, 1.54) is 19.4 Å². The fourth-order valence-corrected chi connectivity index (χ4v) is 3.64. The summed E-state index contributed by atoms with van der Waals surface area (Å²) in [6, 6.07) is 15.2. The summed E-state index contributed by atoms with van der Waals surface area (Å²) >= 11 is 0. The number of aryl methyl sites for hydroxylation is 2. The summed E-state index contributed by atoms with van der Waals surface area (Å²) in [6.45, 7) is 8.72. The third-order valence-electron chi connectivity index (χ3n) is 5.74. The van der Waals surface area contributed by atoms with Gasteiger partial charge in [0, 0.05) is 13.0 Å². The highest BCUT2D eigenvalue weighted by Crippen LogP contribution is 2.22. The lowest BCUT2D eigenvalue weighted by molar-refractivity contribution is -0.152. The van der Waals surface area contributed by atoms with Crippen LogP contribution >= 0.6 is 0 Å². The Labute approximate surface area is 206 Å². The van der Waals surface area contributed by atoms with Gasteiger partial charge in [0.2, 0.25) is 0 Å². The van der Waals surface area contributed by atoms with E-state index in [1.54, 1.807) is 33.5 Å². The Morgan fingerprint density at radius 3 is 2.23 bits per heavy atom. The van der Waals surface area contributed by atoms with Gasteiger partial charge in [0.1, 0.15) is 17.3 Å². The highest BCUT2D eigenvalue weighted by Gasteiger charge is 2.29. The zero-order chi connectivity index (χ0) is 25.4. The average Bonchev–Trinajstić information content (AvgIpc) is 3.12. The molecule has 0 amide bonds. The second kappa shape index (κ2) is 11.7. The molecule has 0 aliphatic heterocycles. The molecule has 0 radical (unpaired) electrons. The van der Waals surface area contributed by atoms with Crippen molar-refractivity contribution in [3.05, 3.63) is 76.0 Å². The molecule has 0 spiro atoms. The zero-order valence-electron chi connectivity index (χ0n) is 21.0. The van der Waals surface area contributed by atoms with Crippen LogP contribution in [0.3, 0.4) is 0 Å². The van der Waals surface area contributed by atoms with Gasteiger partial charge in [-0.1, -0.05) is 38.1 Å². The van der Waals surface area contributed by atoms with E-state index in [-0.39, 0.29) is 5.69 Å². The number of aromatic nitrogens is 3. The molecule has 1 N–H and O–H groups in total. The number of carboxylic acids is 1. The van der Waals surface area contributed by atoms with E-state index in [0.29, 0.717) is 44.0 Å². The topological polar surface area (TPSA) is 95.6 Å². The molecule has 0 aliphatic carbocycles. The Hall–Kier alpha value is -3.55. The van der Waals surface area contributed by atoms with Crippen molar-refractivity contribution in [1.82, 2.24) is 14.3 Å². The summed E-state index contributed by atoms with van der Waals surface area (Å²) in [6.07, 6.45) is 3.17. The molecule has 0 saturated carbocycles. The number of hydrogen-bond acceptors (Lipinski definition) is 5. The maximum atomic E-state index is 12.9. The van der Waals surface area contributed by atoms with Crippen LogP contribution in [0.5, 0.6) is 11.5 Å². The Balaban J connectivity index is 1.57. The first-order valence-electron chi connectivity index (χ1n) is 12.1. The molecular formula is C27H35N3O5. The molecule has 0 aliphatic rings. The lowest BCUT2D eigenvalue weighted by Crippen LogP contribution is -2.37. The second-order valence-electron chi connectivity index (χ2n) is 9.02. The van der Waals surface area contributed by atoms with E-state index in [0.717, 1.165) is 24.2 Å². The van der Waals surface area contributed by atoms with Crippen LogP contribution in [-0.4, -0.2) is 37.6 Å². The summed E-state index contributed by atoms with van der Waals surface area (Å²) in [4.78, 5) is 24.1. The summed E-state index contributed by atoms with van der Waals surface area (Å²) < 4.78 is 14.6. The molecule has 3 rings (SSSR count). The molecule has 1 heterocycles. The highest BCUT2D eigenvalue weighted by molar-refractivity contribution is 5.76. The molecule has 35 heavy (non-hydrogen) atoms. The van der Waals surface area contributed by atoms with Gasteiger partial charge in [0.05, 0.1) is 13.2 Å². The predicted octanol–water partition coefficient (Wildman–Crippen LogP) is 4.32. The fraction of sp³-hybridized carbons (Fsp3) is 0.444. The van der Waals surface area contributed by atoms with Crippen LogP contribution in [0.1, 0.15) is 57.5 Å². The minimum Gasteiger partial charge on any atom is -0.494 e. The number of aliphatic carboxylic acids is 1. The lowest BCUT2D eigenvalue weighted by atomic mass is 10.1. The smallest absolute Gasteiger partial charge is 0.347 e. The zero-order valence-corrected chi connectivity index (χ0v) is 21.0. The Morgan fingerprint density at radius 1 is 1.00 bits per heavy atom. The Kier molecular flexibility index (Phi) is 8.73. The average molecular weight is 482 g/mol. The van der Waals surface area contributed by atoms with Crippen molar-refractivity contribution < 1.29 is 19.4 Å². The van der Waals surface area contributed by atoms with Crippen molar-refractivity contribution in [3.63, 3.8) is 0 Å². The van der Waals surface area contributed by atoms with Crippen LogP contribution in [0.4, 0.5) is 0 Å². The maximum absolute atomic E-state index is 12.9. The van der Waals surface area contributed by atoms with Crippen molar-refractivity contribution in [2.45, 2.75) is 72.1 Å². The van der Waals surface area contributed by atoms with Gasteiger partial charge in [0.25, 0.3) is 0 Å².